The van der Waals surface area contributed by atoms with Crippen LogP contribution in [0.25, 0.3) is 0 Å². The van der Waals surface area contributed by atoms with Gasteiger partial charge in [0.1, 0.15) is 12.3 Å². The second-order valence-corrected chi connectivity index (χ2v) is 9.49. The zero-order valence-corrected chi connectivity index (χ0v) is 17.9. The largest absolute Gasteiger partial charge is 0.493 e. The van der Waals surface area contributed by atoms with Gasteiger partial charge in [0.25, 0.3) is 0 Å². The van der Waals surface area contributed by atoms with Gasteiger partial charge in [0.2, 0.25) is 0 Å². The zero-order valence-electron chi connectivity index (χ0n) is 17.9. The number of piperidine rings is 1. The first-order valence-corrected chi connectivity index (χ1v) is 10.1. The molecule has 0 aliphatic carbocycles. The average Bonchev–Trinajstić information content (AvgIpc) is 2.57. The minimum absolute atomic E-state index is 0.0187. The van der Waals surface area contributed by atoms with E-state index in [1.54, 1.807) is 0 Å². The fourth-order valence-corrected chi connectivity index (χ4v) is 4.20. The summed E-state index contributed by atoms with van der Waals surface area (Å²) in [6.07, 6.45) is 2.64. The van der Waals surface area contributed by atoms with Gasteiger partial charge in [0.05, 0.1) is 18.8 Å². The first-order chi connectivity index (χ1) is 13.0. The lowest BCUT2D eigenvalue weighted by atomic mass is 9.85. The van der Waals surface area contributed by atoms with Crippen LogP contribution in [0.4, 0.5) is 8.78 Å². The average molecular weight is 398 g/mol. The predicted molar refractivity (Wildman–Crippen MR) is 106 cm³/mol. The van der Waals surface area contributed by atoms with Crippen LogP contribution >= 0.6 is 0 Å². The van der Waals surface area contributed by atoms with Crippen LogP contribution in [0.15, 0.2) is 6.07 Å². The standard InChI is InChI=1S/C22H33F2NO3/c1-21(2,3)28-14-7-8-17-16-11-18(26-6)20(27-13-22(4,5)24)19(23)15(16)9-10-25(17)12-14/h11,14,17H,7-10,12-13H2,1-6H3. The van der Waals surface area contributed by atoms with Crippen molar-refractivity contribution in [1.82, 2.24) is 4.90 Å². The Balaban J connectivity index is 1.84. The molecular weight excluding hydrogens is 364 g/mol. The Morgan fingerprint density at radius 2 is 1.89 bits per heavy atom. The third kappa shape index (κ3) is 4.77. The summed E-state index contributed by atoms with van der Waals surface area (Å²) in [5, 5.41) is 0. The molecule has 2 aliphatic heterocycles. The Bertz CT molecular complexity index is 709. The molecule has 2 atom stereocenters. The summed E-state index contributed by atoms with van der Waals surface area (Å²) < 4.78 is 46.2. The molecule has 2 unspecified atom stereocenters. The number of benzene rings is 1. The molecule has 0 radical (unpaired) electrons. The summed E-state index contributed by atoms with van der Waals surface area (Å²) in [5.41, 5.74) is -0.0856. The van der Waals surface area contributed by atoms with Crippen LogP contribution in [-0.4, -0.2) is 49.1 Å². The summed E-state index contributed by atoms with van der Waals surface area (Å²) in [6, 6.07) is 2.03. The monoisotopic (exact) mass is 397 g/mol. The molecule has 0 saturated carbocycles. The molecule has 158 valence electrons. The normalized spacial score (nSPS) is 23.1. The SMILES string of the molecule is COc1cc2c(c(F)c1OCC(C)(C)F)CCN1CC(OC(C)(C)C)CCC21. The third-order valence-electron chi connectivity index (χ3n) is 5.27. The number of nitrogens with zero attached hydrogens (tertiary/aromatic N) is 1. The van der Waals surface area contributed by atoms with E-state index in [-0.39, 0.29) is 30.1 Å². The van der Waals surface area contributed by atoms with Gasteiger partial charge < -0.3 is 14.2 Å². The number of rotatable bonds is 5. The van der Waals surface area contributed by atoms with Gasteiger partial charge in [-0.1, -0.05) is 0 Å². The summed E-state index contributed by atoms with van der Waals surface area (Å²) in [5.74, 6) is -0.0630. The Kier molecular flexibility index (Phi) is 5.93. The van der Waals surface area contributed by atoms with E-state index in [1.807, 2.05) is 6.07 Å². The van der Waals surface area contributed by atoms with E-state index >= 15 is 4.39 Å². The summed E-state index contributed by atoms with van der Waals surface area (Å²) >= 11 is 0. The topological polar surface area (TPSA) is 30.9 Å². The molecule has 3 rings (SSSR count). The maximum atomic E-state index is 15.3. The number of methoxy groups -OCH3 is 1. The fourth-order valence-electron chi connectivity index (χ4n) is 4.20. The maximum absolute atomic E-state index is 15.3. The lowest BCUT2D eigenvalue weighted by molar-refractivity contribution is -0.0972. The first kappa shape index (κ1) is 21.3. The number of hydrogen-bond donors (Lipinski definition) is 0. The first-order valence-electron chi connectivity index (χ1n) is 10.1. The van der Waals surface area contributed by atoms with Crippen molar-refractivity contribution < 1.29 is 23.0 Å². The van der Waals surface area contributed by atoms with Crippen molar-refractivity contribution in [3.63, 3.8) is 0 Å². The van der Waals surface area contributed by atoms with Crippen LogP contribution in [0.1, 0.15) is 64.6 Å². The molecule has 2 heterocycles. The minimum atomic E-state index is -1.55. The Labute approximate surface area is 167 Å². The van der Waals surface area contributed by atoms with Gasteiger partial charge in [-0.25, -0.2) is 8.78 Å². The molecular formula is C22H33F2NO3. The van der Waals surface area contributed by atoms with E-state index in [0.717, 1.165) is 31.5 Å². The molecule has 0 aromatic heterocycles. The van der Waals surface area contributed by atoms with Crippen molar-refractivity contribution in [3.8, 4) is 11.5 Å². The van der Waals surface area contributed by atoms with Gasteiger partial charge in [0.15, 0.2) is 17.3 Å². The lowest BCUT2D eigenvalue weighted by Gasteiger charge is -2.45. The lowest BCUT2D eigenvalue weighted by Crippen LogP contribution is -2.47. The molecule has 1 aromatic carbocycles. The highest BCUT2D eigenvalue weighted by atomic mass is 19.1. The van der Waals surface area contributed by atoms with Crippen LogP contribution in [-0.2, 0) is 11.2 Å². The van der Waals surface area contributed by atoms with Crippen LogP contribution in [0.2, 0.25) is 0 Å². The fraction of sp³-hybridized carbons (Fsp3) is 0.727. The molecule has 0 amide bonds. The molecule has 0 spiro atoms. The highest BCUT2D eigenvalue weighted by molar-refractivity contribution is 5.51. The van der Waals surface area contributed by atoms with Crippen molar-refractivity contribution in [2.75, 3.05) is 26.8 Å². The molecule has 1 fully saturated rings. The zero-order chi connectivity index (χ0) is 20.7. The molecule has 2 aliphatic rings. The molecule has 28 heavy (non-hydrogen) atoms. The van der Waals surface area contributed by atoms with Crippen LogP contribution in [0.5, 0.6) is 11.5 Å². The van der Waals surface area contributed by atoms with Crippen molar-refractivity contribution in [3.05, 3.63) is 23.0 Å². The molecule has 0 bridgehead atoms. The number of halogens is 2. The summed E-state index contributed by atoms with van der Waals surface area (Å²) in [6.45, 7) is 10.4. The summed E-state index contributed by atoms with van der Waals surface area (Å²) in [7, 11) is 1.49. The second-order valence-electron chi connectivity index (χ2n) is 9.49. The van der Waals surface area contributed by atoms with Gasteiger partial charge >= 0.3 is 0 Å². The molecule has 4 nitrogen and oxygen atoms in total. The molecule has 0 N–H and O–H groups in total. The van der Waals surface area contributed by atoms with Crippen LogP contribution < -0.4 is 9.47 Å². The summed E-state index contributed by atoms with van der Waals surface area (Å²) in [4.78, 5) is 2.38. The number of alkyl halides is 1. The van der Waals surface area contributed by atoms with E-state index < -0.39 is 11.5 Å². The van der Waals surface area contributed by atoms with Crippen LogP contribution in [0, 0.1) is 5.82 Å². The molecule has 1 saturated heterocycles. The van der Waals surface area contributed by atoms with Gasteiger partial charge in [-0.15, -0.1) is 0 Å². The maximum Gasteiger partial charge on any atom is 0.197 e. The van der Waals surface area contributed by atoms with Crippen molar-refractivity contribution >= 4 is 0 Å². The van der Waals surface area contributed by atoms with E-state index in [9.17, 15) is 4.39 Å². The predicted octanol–water partition coefficient (Wildman–Crippen LogP) is 4.84. The number of fused-ring (bicyclic) bond motifs is 3. The van der Waals surface area contributed by atoms with Crippen molar-refractivity contribution in [1.29, 1.82) is 0 Å². The molecule has 6 heteroatoms. The van der Waals surface area contributed by atoms with E-state index in [0.29, 0.717) is 17.7 Å². The Morgan fingerprint density at radius 1 is 1.18 bits per heavy atom. The highest BCUT2D eigenvalue weighted by Crippen LogP contribution is 2.44. The third-order valence-corrected chi connectivity index (χ3v) is 5.27. The number of hydrogen-bond acceptors (Lipinski definition) is 4. The van der Waals surface area contributed by atoms with E-state index in [2.05, 4.69) is 25.7 Å². The van der Waals surface area contributed by atoms with Crippen molar-refractivity contribution in [2.24, 2.45) is 0 Å². The minimum Gasteiger partial charge on any atom is -0.493 e. The van der Waals surface area contributed by atoms with Gasteiger partial charge in [0, 0.05) is 19.1 Å². The van der Waals surface area contributed by atoms with E-state index in [1.165, 1.54) is 21.0 Å². The number of ether oxygens (including phenoxy) is 3. The van der Waals surface area contributed by atoms with Gasteiger partial charge in [-0.2, -0.15) is 0 Å². The smallest absolute Gasteiger partial charge is 0.197 e. The van der Waals surface area contributed by atoms with Crippen LogP contribution in [0.3, 0.4) is 0 Å². The second kappa shape index (κ2) is 7.79. The Morgan fingerprint density at radius 3 is 2.50 bits per heavy atom. The van der Waals surface area contributed by atoms with E-state index in [4.69, 9.17) is 14.2 Å². The molecule has 1 aromatic rings. The quantitative estimate of drug-likeness (QED) is 0.712. The van der Waals surface area contributed by atoms with Gasteiger partial charge in [-0.05, 0) is 71.1 Å². The van der Waals surface area contributed by atoms with Gasteiger partial charge in [-0.3, -0.25) is 4.90 Å². The van der Waals surface area contributed by atoms with Crippen molar-refractivity contribution in [2.45, 2.75) is 77.3 Å². The highest BCUT2D eigenvalue weighted by Gasteiger charge is 2.37. The Hall–Kier alpha value is -1.40.